The van der Waals surface area contributed by atoms with Crippen molar-refractivity contribution in [3.8, 4) is 0 Å². The van der Waals surface area contributed by atoms with Gasteiger partial charge in [0.05, 0.1) is 10.5 Å². The molecule has 1 atom stereocenters. The molecule has 0 saturated carbocycles. The summed E-state index contributed by atoms with van der Waals surface area (Å²) in [6.07, 6.45) is 0.877. The summed E-state index contributed by atoms with van der Waals surface area (Å²) in [5, 5.41) is 10.6. The van der Waals surface area contributed by atoms with Crippen LogP contribution in [-0.4, -0.2) is 28.8 Å². The minimum atomic E-state index is -0.717. The molecule has 1 amide bonds. The predicted molar refractivity (Wildman–Crippen MR) is 62.7 cm³/mol. The molecule has 1 aliphatic rings. The second kappa shape index (κ2) is 4.72. The molecule has 6 heteroatoms. The third kappa shape index (κ3) is 2.32. The SMILES string of the molecule is CC1CCN(C(=O)c2cc([N+](=O)[O-])ccc2F)C1. The summed E-state index contributed by atoms with van der Waals surface area (Å²) in [4.78, 5) is 23.6. The van der Waals surface area contributed by atoms with E-state index in [4.69, 9.17) is 0 Å². The Bertz CT molecular complexity index is 504. The number of amides is 1. The fourth-order valence-corrected chi connectivity index (χ4v) is 2.08. The van der Waals surface area contributed by atoms with E-state index in [1.165, 1.54) is 4.90 Å². The van der Waals surface area contributed by atoms with Gasteiger partial charge >= 0.3 is 0 Å². The number of nitro benzene ring substituents is 1. The van der Waals surface area contributed by atoms with Crippen LogP contribution < -0.4 is 0 Å². The van der Waals surface area contributed by atoms with Crippen LogP contribution in [0.4, 0.5) is 10.1 Å². The number of nitro groups is 1. The quantitative estimate of drug-likeness (QED) is 0.598. The van der Waals surface area contributed by atoms with E-state index in [1.54, 1.807) is 0 Å². The number of halogens is 1. The minimum absolute atomic E-state index is 0.224. The molecule has 1 saturated heterocycles. The lowest BCUT2D eigenvalue weighted by Gasteiger charge is -2.16. The van der Waals surface area contributed by atoms with Crippen molar-refractivity contribution in [2.75, 3.05) is 13.1 Å². The number of carbonyl (C=O) groups is 1. The van der Waals surface area contributed by atoms with Crippen LogP contribution in [0.1, 0.15) is 23.7 Å². The van der Waals surface area contributed by atoms with E-state index < -0.39 is 16.6 Å². The van der Waals surface area contributed by atoms with Crippen molar-refractivity contribution in [2.45, 2.75) is 13.3 Å². The smallest absolute Gasteiger partial charge is 0.270 e. The van der Waals surface area contributed by atoms with Gasteiger partial charge in [0.25, 0.3) is 11.6 Å². The molecule has 0 radical (unpaired) electrons. The molecule has 96 valence electrons. The Morgan fingerprint density at radius 3 is 2.83 bits per heavy atom. The molecule has 18 heavy (non-hydrogen) atoms. The Labute approximate surface area is 103 Å². The summed E-state index contributed by atoms with van der Waals surface area (Å²) < 4.78 is 13.6. The molecule has 1 aliphatic heterocycles. The van der Waals surface area contributed by atoms with Crippen molar-refractivity contribution in [1.82, 2.24) is 4.90 Å². The third-order valence-electron chi connectivity index (χ3n) is 3.10. The average molecular weight is 252 g/mol. The first-order valence-corrected chi connectivity index (χ1v) is 5.72. The predicted octanol–water partition coefficient (Wildman–Crippen LogP) is 2.22. The molecule has 0 bridgehead atoms. The first kappa shape index (κ1) is 12.5. The van der Waals surface area contributed by atoms with E-state index in [0.717, 1.165) is 24.6 Å². The summed E-state index contributed by atoms with van der Waals surface area (Å²) in [5.41, 5.74) is -0.495. The highest BCUT2D eigenvalue weighted by molar-refractivity contribution is 5.95. The fraction of sp³-hybridized carbons (Fsp3) is 0.417. The number of benzene rings is 1. The maximum atomic E-state index is 13.6. The van der Waals surface area contributed by atoms with Gasteiger partial charge in [-0.3, -0.25) is 14.9 Å². The van der Waals surface area contributed by atoms with E-state index in [1.807, 2.05) is 6.92 Å². The van der Waals surface area contributed by atoms with Crippen LogP contribution in [0.3, 0.4) is 0 Å². The lowest BCUT2D eigenvalue weighted by Crippen LogP contribution is -2.29. The van der Waals surface area contributed by atoms with E-state index in [9.17, 15) is 19.3 Å². The molecule has 5 nitrogen and oxygen atoms in total. The lowest BCUT2D eigenvalue weighted by atomic mass is 10.1. The van der Waals surface area contributed by atoms with Gasteiger partial charge in [0, 0.05) is 25.2 Å². The van der Waals surface area contributed by atoms with Crippen LogP contribution >= 0.6 is 0 Å². The highest BCUT2D eigenvalue weighted by atomic mass is 19.1. The van der Waals surface area contributed by atoms with Crippen LogP contribution in [0.15, 0.2) is 18.2 Å². The number of non-ortho nitro benzene ring substituents is 1. The Morgan fingerprint density at radius 2 is 2.28 bits per heavy atom. The van der Waals surface area contributed by atoms with Gasteiger partial charge in [0.2, 0.25) is 0 Å². The van der Waals surface area contributed by atoms with Gasteiger partial charge in [0.1, 0.15) is 5.82 Å². The Balaban J connectivity index is 2.29. The van der Waals surface area contributed by atoms with Gasteiger partial charge in [-0.15, -0.1) is 0 Å². The number of rotatable bonds is 2. The van der Waals surface area contributed by atoms with E-state index in [0.29, 0.717) is 19.0 Å². The Hall–Kier alpha value is -1.98. The van der Waals surface area contributed by atoms with E-state index in [2.05, 4.69) is 0 Å². The second-order valence-corrected chi connectivity index (χ2v) is 4.57. The summed E-state index contributed by atoms with van der Waals surface area (Å²) >= 11 is 0. The largest absolute Gasteiger partial charge is 0.338 e. The monoisotopic (exact) mass is 252 g/mol. The molecule has 0 aromatic heterocycles. The van der Waals surface area contributed by atoms with E-state index in [-0.39, 0.29) is 11.3 Å². The van der Waals surface area contributed by atoms with Crippen LogP contribution in [0.2, 0.25) is 0 Å². The zero-order valence-corrected chi connectivity index (χ0v) is 9.93. The van der Waals surface area contributed by atoms with Crippen molar-refractivity contribution < 1.29 is 14.1 Å². The normalized spacial score (nSPS) is 19.0. The topological polar surface area (TPSA) is 63.5 Å². The summed E-state index contributed by atoms with van der Waals surface area (Å²) in [5.74, 6) is -0.804. The van der Waals surface area contributed by atoms with Gasteiger partial charge in [-0.1, -0.05) is 6.92 Å². The maximum absolute atomic E-state index is 13.6. The number of hydrogen-bond acceptors (Lipinski definition) is 3. The van der Waals surface area contributed by atoms with Crippen molar-refractivity contribution >= 4 is 11.6 Å². The van der Waals surface area contributed by atoms with Gasteiger partial charge in [-0.05, 0) is 18.4 Å². The second-order valence-electron chi connectivity index (χ2n) is 4.57. The van der Waals surface area contributed by atoms with Crippen molar-refractivity contribution in [1.29, 1.82) is 0 Å². The molecule has 1 unspecified atom stereocenters. The van der Waals surface area contributed by atoms with Gasteiger partial charge in [-0.2, -0.15) is 0 Å². The zero-order chi connectivity index (χ0) is 13.3. The summed E-state index contributed by atoms with van der Waals surface area (Å²) in [7, 11) is 0. The molecule has 2 rings (SSSR count). The Kier molecular flexibility index (Phi) is 3.27. The number of nitrogens with zero attached hydrogens (tertiary/aromatic N) is 2. The summed E-state index contributed by atoms with van der Waals surface area (Å²) in [6, 6.07) is 3.02. The Morgan fingerprint density at radius 1 is 1.56 bits per heavy atom. The molecule has 1 aromatic rings. The van der Waals surface area contributed by atoms with Gasteiger partial charge < -0.3 is 4.90 Å². The zero-order valence-electron chi connectivity index (χ0n) is 9.93. The first-order chi connectivity index (χ1) is 8.49. The van der Waals surface area contributed by atoms with Crippen LogP contribution in [0.25, 0.3) is 0 Å². The highest BCUT2D eigenvalue weighted by Crippen LogP contribution is 2.22. The molecule has 1 heterocycles. The van der Waals surface area contributed by atoms with Crippen molar-refractivity contribution in [2.24, 2.45) is 5.92 Å². The minimum Gasteiger partial charge on any atom is -0.338 e. The molecule has 1 fully saturated rings. The average Bonchev–Trinajstić information content (AvgIpc) is 2.75. The molecule has 0 spiro atoms. The first-order valence-electron chi connectivity index (χ1n) is 5.72. The van der Waals surface area contributed by atoms with Gasteiger partial charge in [-0.25, -0.2) is 4.39 Å². The highest BCUT2D eigenvalue weighted by Gasteiger charge is 2.27. The number of likely N-dealkylation sites (tertiary alicyclic amines) is 1. The molecule has 0 N–H and O–H groups in total. The number of carbonyl (C=O) groups excluding carboxylic acids is 1. The third-order valence-corrected chi connectivity index (χ3v) is 3.10. The van der Waals surface area contributed by atoms with Crippen molar-refractivity contribution in [3.63, 3.8) is 0 Å². The number of hydrogen-bond donors (Lipinski definition) is 0. The maximum Gasteiger partial charge on any atom is 0.270 e. The van der Waals surface area contributed by atoms with Crippen LogP contribution in [0, 0.1) is 21.8 Å². The fourth-order valence-electron chi connectivity index (χ4n) is 2.08. The standard InChI is InChI=1S/C12H13FN2O3/c1-8-4-5-14(7-8)12(16)10-6-9(15(17)18)2-3-11(10)13/h2-3,6,8H,4-5,7H2,1H3. The van der Waals surface area contributed by atoms with E-state index >= 15 is 0 Å². The van der Waals surface area contributed by atoms with Crippen molar-refractivity contribution in [3.05, 3.63) is 39.7 Å². The molecular weight excluding hydrogens is 239 g/mol. The van der Waals surface area contributed by atoms with Gasteiger partial charge in [0.15, 0.2) is 0 Å². The molecular formula is C12H13FN2O3. The van der Waals surface area contributed by atoms with Crippen LogP contribution in [-0.2, 0) is 0 Å². The summed E-state index contributed by atoms with van der Waals surface area (Å²) in [6.45, 7) is 3.15. The lowest BCUT2D eigenvalue weighted by molar-refractivity contribution is -0.384. The molecule has 0 aliphatic carbocycles. The molecule has 1 aromatic carbocycles. The van der Waals surface area contributed by atoms with Crippen LogP contribution in [0.5, 0.6) is 0 Å².